The summed E-state index contributed by atoms with van der Waals surface area (Å²) in [5.41, 5.74) is 2.98. The molecule has 2 aliphatic carbocycles. The molecule has 0 bridgehead atoms. The minimum atomic E-state index is -0.0448. The van der Waals surface area contributed by atoms with Crippen molar-refractivity contribution in [2.24, 2.45) is 5.92 Å². The summed E-state index contributed by atoms with van der Waals surface area (Å²) in [6.07, 6.45) is 7.01. The van der Waals surface area contributed by atoms with Crippen LogP contribution in [-0.2, 0) is 0 Å². The number of aliphatic hydroxyl groups is 1. The minimum Gasteiger partial charge on any atom is -0.393 e. The van der Waals surface area contributed by atoms with E-state index in [9.17, 15) is 5.11 Å². The van der Waals surface area contributed by atoms with Gasteiger partial charge >= 0.3 is 0 Å². The van der Waals surface area contributed by atoms with E-state index in [1.54, 1.807) is 5.56 Å². The van der Waals surface area contributed by atoms with Crippen LogP contribution < -0.4 is 5.32 Å². The molecule has 0 heterocycles. The Bertz CT molecular complexity index is 439. The molecular weight excluding hydrogens is 246 g/mol. The molecule has 1 aromatic carbocycles. The maximum atomic E-state index is 9.71. The van der Waals surface area contributed by atoms with Crippen LogP contribution in [0.25, 0.3) is 0 Å². The first kappa shape index (κ1) is 14.1. The zero-order valence-electron chi connectivity index (χ0n) is 12.5. The van der Waals surface area contributed by atoms with Gasteiger partial charge in [-0.25, -0.2) is 0 Å². The highest BCUT2D eigenvalue weighted by atomic mass is 16.3. The van der Waals surface area contributed by atoms with Gasteiger partial charge in [-0.15, -0.1) is 0 Å². The van der Waals surface area contributed by atoms with Gasteiger partial charge in [0.25, 0.3) is 0 Å². The Kier molecular flexibility index (Phi) is 4.42. The molecular formula is C18H27NO. The predicted octanol–water partition coefficient (Wildman–Crippen LogP) is 3.38. The monoisotopic (exact) mass is 273 g/mol. The van der Waals surface area contributed by atoms with Crippen LogP contribution in [0.1, 0.15) is 55.6 Å². The van der Waals surface area contributed by atoms with Crippen molar-refractivity contribution in [2.75, 3.05) is 6.54 Å². The van der Waals surface area contributed by atoms with Crippen LogP contribution in [0.4, 0.5) is 0 Å². The molecule has 110 valence electrons. The molecule has 2 unspecified atom stereocenters. The Hall–Kier alpha value is -0.860. The lowest BCUT2D eigenvalue weighted by molar-refractivity contribution is 0.0976. The van der Waals surface area contributed by atoms with E-state index >= 15 is 0 Å². The second kappa shape index (κ2) is 6.28. The summed E-state index contributed by atoms with van der Waals surface area (Å²) in [6, 6.07) is 9.49. The van der Waals surface area contributed by atoms with E-state index in [0.717, 1.165) is 25.3 Å². The van der Waals surface area contributed by atoms with Crippen molar-refractivity contribution in [1.82, 2.24) is 5.32 Å². The molecule has 3 rings (SSSR count). The minimum absolute atomic E-state index is 0.0448. The number of nitrogens with one attached hydrogen (secondary N) is 1. The molecule has 2 saturated carbocycles. The van der Waals surface area contributed by atoms with Gasteiger partial charge in [0.15, 0.2) is 0 Å². The van der Waals surface area contributed by atoms with Gasteiger partial charge in [0, 0.05) is 6.04 Å². The quantitative estimate of drug-likeness (QED) is 0.881. The van der Waals surface area contributed by atoms with Crippen molar-refractivity contribution < 1.29 is 5.11 Å². The van der Waals surface area contributed by atoms with Gasteiger partial charge in [0.05, 0.1) is 6.10 Å². The maximum absolute atomic E-state index is 9.71. The number of benzene rings is 1. The average molecular weight is 273 g/mol. The van der Waals surface area contributed by atoms with Crippen molar-refractivity contribution in [3.8, 4) is 0 Å². The van der Waals surface area contributed by atoms with E-state index in [1.807, 2.05) is 0 Å². The molecule has 0 aromatic heterocycles. The van der Waals surface area contributed by atoms with Gasteiger partial charge in [-0.1, -0.05) is 30.7 Å². The number of aryl methyl sites for hydroxylation is 1. The Morgan fingerprint density at radius 1 is 1.15 bits per heavy atom. The van der Waals surface area contributed by atoms with Crippen LogP contribution in [0, 0.1) is 12.8 Å². The summed E-state index contributed by atoms with van der Waals surface area (Å²) in [6.45, 7) is 3.32. The fourth-order valence-electron chi connectivity index (χ4n) is 3.86. The summed E-state index contributed by atoms with van der Waals surface area (Å²) >= 11 is 0. The smallest absolute Gasteiger partial charge is 0.0543 e. The van der Waals surface area contributed by atoms with Crippen molar-refractivity contribution in [2.45, 2.75) is 63.5 Å². The van der Waals surface area contributed by atoms with Gasteiger partial charge < -0.3 is 10.4 Å². The Morgan fingerprint density at radius 3 is 2.70 bits per heavy atom. The van der Waals surface area contributed by atoms with E-state index in [4.69, 9.17) is 0 Å². The fourth-order valence-corrected chi connectivity index (χ4v) is 3.86. The number of hydrogen-bond acceptors (Lipinski definition) is 2. The van der Waals surface area contributed by atoms with Crippen molar-refractivity contribution in [3.63, 3.8) is 0 Å². The molecule has 2 aliphatic rings. The summed E-state index contributed by atoms with van der Waals surface area (Å²) in [5, 5.41) is 13.4. The highest BCUT2D eigenvalue weighted by molar-refractivity contribution is 5.31. The van der Waals surface area contributed by atoms with Gasteiger partial charge in [0.2, 0.25) is 0 Å². The highest BCUT2D eigenvalue weighted by Crippen LogP contribution is 2.38. The van der Waals surface area contributed by atoms with E-state index in [2.05, 4.69) is 36.5 Å². The standard InChI is InChI=1S/C18H27NO/c1-13-5-2-3-8-18(13)15-10-16(11-15)19-12-14-6-4-7-17(20)9-14/h2-3,5,8,14-17,19-20H,4,6-7,9-12H2,1H3. The van der Waals surface area contributed by atoms with E-state index in [-0.39, 0.29) is 6.10 Å². The molecule has 20 heavy (non-hydrogen) atoms. The average Bonchev–Trinajstić information content (AvgIpc) is 2.39. The number of rotatable bonds is 4. The summed E-state index contributed by atoms with van der Waals surface area (Å²) < 4.78 is 0. The summed E-state index contributed by atoms with van der Waals surface area (Å²) in [4.78, 5) is 0. The maximum Gasteiger partial charge on any atom is 0.0543 e. The highest BCUT2D eigenvalue weighted by Gasteiger charge is 2.31. The first-order chi connectivity index (χ1) is 9.72. The molecule has 2 nitrogen and oxygen atoms in total. The van der Waals surface area contributed by atoms with Crippen molar-refractivity contribution >= 4 is 0 Å². The third kappa shape index (κ3) is 3.24. The Labute approximate surface area is 122 Å². The summed E-state index contributed by atoms with van der Waals surface area (Å²) in [5.74, 6) is 1.45. The lowest BCUT2D eigenvalue weighted by atomic mass is 9.74. The molecule has 2 N–H and O–H groups in total. The van der Waals surface area contributed by atoms with Crippen LogP contribution in [0.5, 0.6) is 0 Å². The Balaban J connectivity index is 1.41. The molecule has 1 aromatic rings. The SMILES string of the molecule is Cc1ccccc1C1CC(NCC2CCCC(O)C2)C1. The lowest BCUT2D eigenvalue weighted by Gasteiger charge is -2.38. The molecule has 0 amide bonds. The molecule has 2 fully saturated rings. The van der Waals surface area contributed by atoms with Gasteiger partial charge in [0.1, 0.15) is 0 Å². The first-order valence-electron chi connectivity index (χ1n) is 8.19. The third-order valence-corrected chi connectivity index (χ3v) is 5.22. The Morgan fingerprint density at radius 2 is 1.95 bits per heavy atom. The van der Waals surface area contributed by atoms with E-state index in [0.29, 0.717) is 12.0 Å². The van der Waals surface area contributed by atoms with Crippen molar-refractivity contribution in [3.05, 3.63) is 35.4 Å². The largest absolute Gasteiger partial charge is 0.393 e. The van der Waals surface area contributed by atoms with Crippen LogP contribution in [0.3, 0.4) is 0 Å². The zero-order chi connectivity index (χ0) is 13.9. The van der Waals surface area contributed by atoms with Crippen LogP contribution in [0.15, 0.2) is 24.3 Å². The molecule has 2 atom stereocenters. The first-order valence-corrected chi connectivity index (χ1v) is 8.19. The lowest BCUT2D eigenvalue weighted by Crippen LogP contribution is -2.43. The zero-order valence-corrected chi connectivity index (χ0v) is 12.5. The van der Waals surface area contributed by atoms with E-state index in [1.165, 1.54) is 31.2 Å². The fraction of sp³-hybridized carbons (Fsp3) is 0.667. The summed E-state index contributed by atoms with van der Waals surface area (Å²) in [7, 11) is 0. The molecule has 0 spiro atoms. The molecule has 0 aliphatic heterocycles. The molecule has 0 saturated heterocycles. The van der Waals surface area contributed by atoms with Crippen molar-refractivity contribution in [1.29, 1.82) is 0 Å². The second-order valence-corrected chi connectivity index (χ2v) is 6.82. The third-order valence-electron chi connectivity index (χ3n) is 5.22. The molecule has 0 radical (unpaired) electrons. The second-order valence-electron chi connectivity index (χ2n) is 6.82. The van der Waals surface area contributed by atoms with Crippen LogP contribution in [0.2, 0.25) is 0 Å². The normalized spacial score (nSPS) is 33.7. The van der Waals surface area contributed by atoms with Gasteiger partial charge in [-0.05, 0) is 68.5 Å². The van der Waals surface area contributed by atoms with E-state index < -0.39 is 0 Å². The topological polar surface area (TPSA) is 32.3 Å². The molecule has 2 heteroatoms. The predicted molar refractivity (Wildman–Crippen MR) is 82.9 cm³/mol. The van der Waals surface area contributed by atoms with Crippen LogP contribution in [-0.4, -0.2) is 23.8 Å². The van der Waals surface area contributed by atoms with Gasteiger partial charge in [-0.3, -0.25) is 0 Å². The number of aliphatic hydroxyl groups excluding tert-OH is 1. The number of hydrogen-bond donors (Lipinski definition) is 2. The van der Waals surface area contributed by atoms with Crippen LogP contribution >= 0.6 is 0 Å². The van der Waals surface area contributed by atoms with Gasteiger partial charge in [-0.2, -0.15) is 0 Å².